The summed E-state index contributed by atoms with van der Waals surface area (Å²) >= 11 is 0. The maximum absolute atomic E-state index is 9.62. The van der Waals surface area contributed by atoms with Crippen molar-refractivity contribution in [3.63, 3.8) is 0 Å². The second kappa shape index (κ2) is 3.35. The molecule has 0 bridgehead atoms. The van der Waals surface area contributed by atoms with Gasteiger partial charge in [0.1, 0.15) is 0 Å². The molecule has 1 aliphatic carbocycles. The predicted octanol–water partition coefficient (Wildman–Crippen LogP) is 2.61. The molecule has 0 saturated heterocycles. The van der Waals surface area contributed by atoms with E-state index in [1.165, 1.54) is 11.1 Å². The third kappa shape index (κ3) is 1.81. The van der Waals surface area contributed by atoms with Crippen molar-refractivity contribution in [3.8, 4) is 0 Å². The first-order chi connectivity index (χ1) is 6.29. The van der Waals surface area contributed by atoms with Crippen LogP contribution in [-0.2, 0) is 0 Å². The van der Waals surface area contributed by atoms with Gasteiger partial charge in [-0.05, 0) is 30.9 Å². The van der Waals surface area contributed by atoms with Crippen molar-refractivity contribution in [1.82, 2.24) is 0 Å². The van der Waals surface area contributed by atoms with E-state index in [0.29, 0.717) is 0 Å². The molecular formula is C12H14O. The number of aliphatic hydroxyl groups excluding tert-OH is 1. The van der Waals surface area contributed by atoms with Gasteiger partial charge in [0.25, 0.3) is 0 Å². The minimum absolute atomic E-state index is 0.333. The van der Waals surface area contributed by atoms with Crippen molar-refractivity contribution < 1.29 is 5.11 Å². The van der Waals surface area contributed by atoms with E-state index < -0.39 is 0 Å². The Kier molecular flexibility index (Phi) is 2.19. The SMILES string of the molecule is CC(O)C(=C1CC1)c1ccccc1. The summed E-state index contributed by atoms with van der Waals surface area (Å²) in [6, 6.07) is 10.2. The monoisotopic (exact) mass is 174 g/mol. The third-order valence-electron chi connectivity index (χ3n) is 2.38. The van der Waals surface area contributed by atoms with E-state index in [1.807, 2.05) is 25.1 Å². The van der Waals surface area contributed by atoms with Gasteiger partial charge in [-0.15, -0.1) is 0 Å². The van der Waals surface area contributed by atoms with Gasteiger partial charge in [0, 0.05) is 0 Å². The normalized spacial score (nSPS) is 16.9. The minimum Gasteiger partial charge on any atom is -0.389 e. The molecule has 1 nitrogen and oxygen atoms in total. The molecule has 1 aliphatic rings. The standard InChI is InChI=1S/C12H14O/c1-9(13)12(11-7-8-11)10-5-3-2-4-6-10/h2-6,9,13H,7-8H2,1H3. The summed E-state index contributed by atoms with van der Waals surface area (Å²) in [5.74, 6) is 0. The van der Waals surface area contributed by atoms with Crippen molar-refractivity contribution in [2.75, 3.05) is 0 Å². The van der Waals surface area contributed by atoms with Gasteiger partial charge in [-0.3, -0.25) is 0 Å². The molecule has 1 N–H and O–H groups in total. The molecule has 0 radical (unpaired) electrons. The molecule has 68 valence electrons. The van der Waals surface area contributed by atoms with Crippen LogP contribution in [0.4, 0.5) is 0 Å². The van der Waals surface area contributed by atoms with Crippen molar-refractivity contribution >= 4 is 5.57 Å². The van der Waals surface area contributed by atoms with Crippen LogP contribution >= 0.6 is 0 Å². The van der Waals surface area contributed by atoms with Crippen molar-refractivity contribution in [2.45, 2.75) is 25.9 Å². The number of hydrogen-bond donors (Lipinski definition) is 1. The first-order valence-corrected chi connectivity index (χ1v) is 4.74. The van der Waals surface area contributed by atoms with Crippen LogP contribution in [-0.4, -0.2) is 11.2 Å². The Morgan fingerprint density at radius 3 is 2.31 bits per heavy atom. The molecular weight excluding hydrogens is 160 g/mol. The topological polar surface area (TPSA) is 20.2 Å². The van der Waals surface area contributed by atoms with Gasteiger partial charge in [-0.1, -0.05) is 35.9 Å². The van der Waals surface area contributed by atoms with Gasteiger partial charge >= 0.3 is 0 Å². The Bertz CT molecular complexity index is 316. The fourth-order valence-corrected chi connectivity index (χ4v) is 1.69. The molecule has 1 saturated carbocycles. The van der Waals surface area contributed by atoms with Crippen LogP contribution in [0.5, 0.6) is 0 Å². The fraction of sp³-hybridized carbons (Fsp3) is 0.333. The molecule has 0 spiro atoms. The van der Waals surface area contributed by atoms with Gasteiger partial charge in [-0.25, -0.2) is 0 Å². The summed E-state index contributed by atoms with van der Waals surface area (Å²) in [6.45, 7) is 1.84. The molecule has 1 heteroatoms. The zero-order valence-electron chi connectivity index (χ0n) is 7.83. The maximum atomic E-state index is 9.62. The highest BCUT2D eigenvalue weighted by Gasteiger charge is 2.21. The summed E-state index contributed by atoms with van der Waals surface area (Å²) < 4.78 is 0. The zero-order chi connectivity index (χ0) is 9.26. The van der Waals surface area contributed by atoms with E-state index in [4.69, 9.17) is 0 Å². The average Bonchev–Trinajstić information content (AvgIpc) is 2.90. The molecule has 1 unspecified atom stereocenters. The molecule has 0 heterocycles. The van der Waals surface area contributed by atoms with Crippen LogP contribution in [0.25, 0.3) is 5.57 Å². The second-order valence-corrected chi connectivity index (χ2v) is 3.56. The Balaban J connectivity index is 2.38. The van der Waals surface area contributed by atoms with Gasteiger partial charge in [0.05, 0.1) is 6.10 Å². The lowest BCUT2D eigenvalue weighted by Crippen LogP contribution is -2.03. The zero-order valence-corrected chi connectivity index (χ0v) is 7.83. The van der Waals surface area contributed by atoms with Gasteiger partial charge in [0.2, 0.25) is 0 Å². The van der Waals surface area contributed by atoms with E-state index in [9.17, 15) is 5.11 Å². The summed E-state index contributed by atoms with van der Waals surface area (Å²) in [4.78, 5) is 0. The number of rotatable bonds is 2. The van der Waals surface area contributed by atoms with E-state index in [1.54, 1.807) is 0 Å². The number of allylic oxidation sites excluding steroid dienone is 1. The Labute approximate surface area is 78.7 Å². The average molecular weight is 174 g/mol. The van der Waals surface area contributed by atoms with Crippen molar-refractivity contribution in [3.05, 3.63) is 41.5 Å². The minimum atomic E-state index is -0.333. The van der Waals surface area contributed by atoms with Crippen LogP contribution in [0.3, 0.4) is 0 Å². The van der Waals surface area contributed by atoms with E-state index in [2.05, 4.69) is 12.1 Å². The van der Waals surface area contributed by atoms with Crippen LogP contribution in [0.15, 0.2) is 35.9 Å². The van der Waals surface area contributed by atoms with Gasteiger partial charge in [0.15, 0.2) is 0 Å². The van der Waals surface area contributed by atoms with Gasteiger partial charge in [-0.2, -0.15) is 0 Å². The lowest BCUT2D eigenvalue weighted by molar-refractivity contribution is 0.253. The number of aliphatic hydroxyl groups is 1. The van der Waals surface area contributed by atoms with E-state index >= 15 is 0 Å². The van der Waals surface area contributed by atoms with E-state index in [0.717, 1.165) is 18.4 Å². The van der Waals surface area contributed by atoms with Crippen LogP contribution in [0.2, 0.25) is 0 Å². The molecule has 1 aromatic carbocycles. The molecule has 1 atom stereocenters. The molecule has 0 aromatic heterocycles. The predicted molar refractivity (Wildman–Crippen MR) is 54.3 cm³/mol. The first kappa shape index (κ1) is 8.52. The van der Waals surface area contributed by atoms with Gasteiger partial charge < -0.3 is 5.11 Å². The molecule has 1 fully saturated rings. The molecule has 0 amide bonds. The third-order valence-corrected chi connectivity index (χ3v) is 2.38. The summed E-state index contributed by atoms with van der Waals surface area (Å²) in [5, 5.41) is 9.62. The summed E-state index contributed by atoms with van der Waals surface area (Å²) in [5.41, 5.74) is 3.73. The number of benzene rings is 1. The second-order valence-electron chi connectivity index (χ2n) is 3.56. The summed E-state index contributed by atoms with van der Waals surface area (Å²) in [6.07, 6.45) is 1.99. The van der Waals surface area contributed by atoms with Crippen LogP contribution in [0, 0.1) is 0 Å². The van der Waals surface area contributed by atoms with Crippen LogP contribution < -0.4 is 0 Å². The smallest absolute Gasteiger partial charge is 0.0767 e. The van der Waals surface area contributed by atoms with Crippen LogP contribution in [0.1, 0.15) is 25.3 Å². The molecule has 13 heavy (non-hydrogen) atoms. The fourth-order valence-electron chi connectivity index (χ4n) is 1.69. The first-order valence-electron chi connectivity index (χ1n) is 4.74. The van der Waals surface area contributed by atoms with Crippen molar-refractivity contribution in [1.29, 1.82) is 0 Å². The summed E-state index contributed by atoms with van der Waals surface area (Å²) in [7, 11) is 0. The number of hydrogen-bond acceptors (Lipinski definition) is 1. The lowest BCUT2D eigenvalue weighted by atomic mass is 10.0. The highest BCUT2D eigenvalue weighted by molar-refractivity contribution is 5.73. The van der Waals surface area contributed by atoms with Crippen molar-refractivity contribution in [2.24, 2.45) is 0 Å². The lowest BCUT2D eigenvalue weighted by Gasteiger charge is -2.10. The Hall–Kier alpha value is -1.08. The Morgan fingerprint density at radius 2 is 1.85 bits per heavy atom. The largest absolute Gasteiger partial charge is 0.389 e. The molecule has 0 aliphatic heterocycles. The van der Waals surface area contributed by atoms with E-state index in [-0.39, 0.29) is 6.10 Å². The highest BCUT2D eigenvalue weighted by atomic mass is 16.3. The highest BCUT2D eigenvalue weighted by Crippen LogP contribution is 2.37. The quantitative estimate of drug-likeness (QED) is 0.730. The molecule has 1 aromatic rings. The maximum Gasteiger partial charge on any atom is 0.0767 e. The molecule has 2 rings (SSSR count). The Morgan fingerprint density at radius 1 is 1.23 bits per heavy atom.